The molecule has 0 radical (unpaired) electrons. The molecular formula is C21H25N7. The molecule has 1 aliphatic heterocycles. The SMILES string of the molecule is Cn1cc(-c2[nH]nc3nc(N4CCC(C)(CN)CC4)cnc23)c2ccccc21. The third-order valence-electron chi connectivity index (χ3n) is 6.21. The fourth-order valence-electron chi connectivity index (χ4n) is 4.15. The van der Waals surface area contributed by atoms with Gasteiger partial charge < -0.3 is 15.2 Å². The predicted molar refractivity (Wildman–Crippen MR) is 112 cm³/mol. The van der Waals surface area contributed by atoms with E-state index in [1.165, 1.54) is 10.9 Å². The lowest BCUT2D eigenvalue weighted by molar-refractivity contribution is 0.258. The number of hydrogen-bond acceptors (Lipinski definition) is 5. The molecule has 7 heteroatoms. The Bertz CT molecular complexity index is 1150. The van der Waals surface area contributed by atoms with Crippen LogP contribution in [0.15, 0.2) is 36.7 Å². The number of fused-ring (bicyclic) bond motifs is 2. The van der Waals surface area contributed by atoms with Crippen molar-refractivity contribution in [1.82, 2.24) is 24.7 Å². The zero-order chi connectivity index (χ0) is 19.3. The molecule has 3 N–H and O–H groups in total. The number of H-pyrrole nitrogens is 1. The third kappa shape index (κ3) is 2.65. The van der Waals surface area contributed by atoms with Crippen LogP contribution >= 0.6 is 0 Å². The zero-order valence-electron chi connectivity index (χ0n) is 16.3. The first-order valence-corrected chi connectivity index (χ1v) is 9.78. The van der Waals surface area contributed by atoms with Crippen LogP contribution in [0.3, 0.4) is 0 Å². The van der Waals surface area contributed by atoms with E-state index in [0.717, 1.165) is 55.1 Å². The van der Waals surface area contributed by atoms with Gasteiger partial charge in [0.1, 0.15) is 11.3 Å². The summed E-state index contributed by atoms with van der Waals surface area (Å²) in [6.45, 7) is 4.91. The van der Waals surface area contributed by atoms with Crippen LogP contribution in [0.1, 0.15) is 19.8 Å². The van der Waals surface area contributed by atoms with Gasteiger partial charge in [-0.25, -0.2) is 9.97 Å². The van der Waals surface area contributed by atoms with Gasteiger partial charge >= 0.3 is 0 Å². The van der Waals surface area contributed by atoms with E-state index >= 15 is 0 Å². The summed E-state index contributed by atoms with van der Waals surface area (Å²) in [7, 11) is 2.06. The van der Waals surface area contributed by atoms with Crippen molar-refractivity contribution in [3.63, 3.8) is 0 Å². The second-order valence-corrected chi connectivity index (χ2v) is 8.17. The van der Waals surface area contributed by atoms with Gasteiger partial charge in [0.25, 0.3) is 0 Å². The molecule has 144 valence electrons. The normalized spacial score (nSPS) is 16.9. The smallest absolute Gasteiger partial charge is 0.202 e. The zero-order valence-corrected chi connectivity index (χ0v) is 16.3. The van der Waals surface area contributed by atoms with Crippen molar-refractivity contribution in [3.8, 4) is 11.3 Å². The monoisotopic (exact) mass is 375 g/mol. The molecule has 5 rings (SSSR count). The third-order valence-corrected chi connectivity index (χ3v) is 6.21. The van der Waals surface area contributed by atoms with Crippen LogP contribution < -0.4 is 10.6 Å². The summed E-state index contributed by atoms with van der Waals surface area (Å²) in [6, 6.07) is 8.35. The van der Waals surface area contributed by atoms with E-state index in [-0.39, 0.29) is 5.41 Å². The molecule has 1 fully saturated rings. The average Bonchev–Trinajstić information content (AvgIpc) is 3.29. The van der Waals surface area contributed by atoms with Gasteiger partial charge in [-0.3, -0.25) is 5.10 Å². The number of para-hydroxylation sites is 1. The summed E-state index contributed by atoms with van der Waals surface area (Å²) in [5.74, 6) is 0.891. The fourth-order valence-corrected chi connectivity index (χ4v) is 4.15. The van der Waals surface area contributed by atoms with Gasteiger partial charge in [0.15, 0.2) is 0 Å². The average molecular weight is 375 g/mol. The molecule has 4 aromatic rings. The van der Waals surface area contributed by atoms with E-state index in [1.807, 2.05) is 6.20 Å². The summed E-state index contributed by atoms with van der Waals surface area (Å²) >= 11 is 0. The molecule has 0 aliphatic carbocycles. The second-order valence-electron chi connectivity index (χ2n) is 8.17. The number of hydrogen-bond donors (Lipinski definition) is 2. The number of benzene rings is 1. The Labute approximate surface area is 163 Å². The largest absolute Gasteiger partial charge is 0.355 e. The summed E-state index contributed by atoms with van der Waals surface area (Å²) in [4.78, 5) is 11.8. The lowest BCUT2D eigenvalue weighted by Gasteiger charge is -2.39. The predicted octanol–water partition coefficient (Wildman–Crippen LogP) is 3.08. The Morgan fingerprint density at radius 3 is 2.79 bits per heavy atom. The highest BCUT2D eigenvalue weighted by molar-refractivity contribution is 6.01. The van der Waals surface area contributed by atoms with Crippen LogP contribution in [0.4, 0.5) is 5.82 Å². The van der Waals surface area contributed by atoms with Crippen LogP contribution in [0.25, 0.3) is 33.3 Å². The van der Waals surface area contributed by atoms with E-state index in [9.17, 15) is 0 Å². The molecule has 1 saturated heterocycles. The van der Waals surface area contributed by atoms with Crippen LogP contribution in [0.2, 0.25) is 0 Å². The number of rotatable bonds is 3. The number of aromatic nitrogens is 5. The molecule has 0 unspecified atom stereocenters. The van der Waals surface area contributed by atoms with E-state index < -0.39 is 0 Å². The van der Waals surface area contributed by atoms with Gasteiger partial charge in [-0.1, -0.05) is 25.1 Å². The van der Waals surface area contributed by atoms with Crippen molar-refractivity contribution in [2.45, 2.75) is 19.8 Å². The Balaban J connectivity index is 1.51. The minimum atomic E-state index is 0.238. The first-order valence-electron chi connectivity index (χ1n) is 9.78. The van der Waals surface area contributed by atoms with Crippen molar-refractivity contribution in [2.24, 2.45) is 18.2 Å². The maximum atomic E-state index is 5.93. The molecule has 1 aliphatic rings. The highest BCUT2D eigenvalue weighted by Crippen LogP contribution is 2.34. The summed E-state index contributed by atoms with van der Waals surface area (Å²) in [5, 5.41) is 8.80. The molecule has 0 spiro atoms. The summed E-state index contributed by atoms with van der Waals surface area (Å²) in [5.41, 5.74) is 10.8. The molecular weight excluding hydrogens is 350 g/mol. The number of aromatic amines is 1. The van der Waals surface area contributed by atoms with Gasteiger partial charge in [0.05, 0.1) is 11.9 Å². The quantitative estimate of drug-likeness (QED) is 0.574. The number of piperidine rings is 1. The number of nitrogens with zero attached hydrogens (tertiary/aromatic N) is 5. The minimum absolute atomic E-state index is 0.238. The van der Waals surface area contributed by atoms with Crippen molar-refractivity contribution >= 4 is 27.9 Å². The number of nitrogens with one attached hydrogen (secondary N) is 1. The van der Waals surface area contributed by atoms with Crippen LogP contribution in [-0.4, -0.2) is 44.4 Å². The first kappa shape index (κ1) is 17.2. The van der Waals surface area contributed by atoms with Crippen LogP contribution in [0.5, 0.6) is 0 Å². The van der Waals surface area contributed by atoms with Gasteiger partial charge in [-0.2, -0.15) is 5.10 Å². The van der Waals surface area contributed by atoms with Gasteiger partial charge in [0, 0.05) is 42.8 Å². The Morgan fingerprint density at radius 2 is 2.00 bits per heavy atom. The van der Waals surface area contributed by atoms with Crippen molar-refractivity contribution < 1.29 is 0 Å². The molecule has 0 saturated carbocycles. The molecule has 0 amide bonds. The second kappa shape index (κ2) is 6.31. The van der Waals surface area contributed by atoms with Crippen molar-refractivity contribution in [3.05, 3.63) is 36.7 Å². The van der Waals surface area contributed by atoms with E-state index in [4.69, 9.17) is 15.7 Å². The maximum absolute atomic E-state index is 5.93. The highest BCUT2D eigenvalue weighted by Gasteiger charge is 2.29. The first-order chi connectivity index (χ1) is 13.6. The molecule has 3 aromatic heterocycles. The number of nitrogens with two attached hydrogens (primary N) is 1. The highest BCUT2D eigenvalue weighted by atomic mass is 15.2. The van der Waals surface area contributed by atoms with Gasteiger partial charge in [-0.15, -0.1) is 0 Å². The number of anilines is 1. The molecule has 0 atom stereocenters. The lowest BCUT2D eigenvalue weighted by Crippen LogP contribution is -2.42. The number of aryl methyl sites for hydroxylation is 1. The van der Waals surface area contributed by atoms with Gasteiger partial charge in [0.2, 0.25) is 5.65 Å². The van der Waals surface area contributed by atoms with Gasteiger partial charge in [-0.05, 0) is 30.9 Å². The standard InChI is InChI=1S/C21H25N7/c1-21(13-22)7-9-28(10-8-21)17-11-23-19-18(25-26-20(19)24-17)15-12-27(2)16-6-4-3-5-14(15)16/h3-6,11-12H,7-10,13,22H2,1-2H3,(H,24,25,26). The van der Waals surface area contributed by atoms with Crippen LogP contribution in [0, 0.1) is 5.41 Å². The lowest BCUT2D eigenvalue weighted by atomic mass is 9.80. The van der Waals surface area contributed by atoms with Crippen LogP contribution in [-0.2, 0) is 7.05 Å². The maximum Gasteiger partial charge on any atom is 0.202 e. The topological polar surface area (TPSA) is 88.7 Å². The van der Waals surface area contributed by atoms with E-state index in [2.05, 4.69) is 64.1 Å². The molecule has 0 bridgehead atoms. The van der Waals surface area contributed by atoms with Crippen molar-refractivity contribution in [1.29, 1.82) is 0 Å². The van der Waals surface area contributed by atoms with Crippen molar-refractivity contribution in [2.75, 3.05) is 24.5 Å². The summed E-state index contributed by atoms with van der Waals surface area (Å²) in [6.07, 6.45) is 6.14. The Kier molecular flexibility index (Phi) is 3.87. The molecule has 28 heavy (non-hydrogen) atoms. The van der Waals surface area contributed by atoms with E-state index in [0.29, 0.717) is 5.65 Å². The Hall–Kier alpha value is -2.93. The fraction of sp³-hybridized carbons (Fsp3) is 0.381. The molecule has 7 nitrogen and oxygen atoms in total. The summed E-state index contributed by atoms with van der Waals surface area (Å²) < 4.78 is 2.13. The molecule has 4 heterocycles. The molecule has 1 aromatic carbocycles. The minimum Gasteiger partial charge on any atom is -0.355 e. The van der Waals surface area contributed by atoms with E-state index in [1.54, 1.807) is 0 Å². The Morgan fingerprint density at radius 1 is 1.21 bits per heavy atom.